The number of nitrogens with zero attached hydrogens (tertiary/aromatic N) is 1. The van der Waals surface area contributed by atoms with Crippen LogP contribution in [-0.4, -0.2) is 22.1 Å². The Morgan fingerprint density at radius 1 is 1.43 bits per heavy atom. The standard InChI is InChI=1S/C16H21N3O2/c1-10-4-3-5-12(8-10)17-16(20)14-9-13(18-19-14)15-7-6-11(2)21-15/h6-7,9-10,12H,3-5,8H2,1-2H3,(H,17,20)(H,18,19). The van der Waals surface area contributed by atoms with Gasteiger partial charge in [0.15, 0.2) is 11.5 Å². The fourth-order valence-electron chi connectivity index (χ4n) is 2.97. The molecule has 2 aromatic heterocycles. The van der Waals surface area contributed by atoms with Crippen molar-refractivity contribution in [1.29, 1.82) is 0 Å². The fourth-order valence-corrected chi connectivity index (χ4v) is 2.97. The molecule has 2 unspecified atom stereocenters. The van der Waals surface area contributed by atoms with Crippen molar-refractivity contribution in [2.45, 2.75) is 45.6 Å². The van der Waals surface area contributed by atoms with Gasteiger partial charge in [-0.2, -0.15) is 5.10 Å². The van der Waals surface area contributed by atoms with Crippen LogP contribution in [0.3, 0.4) is 0 Å². The summed E-state index contributed by atoms with van der Waals surface area (Å²) in [5.74, 6) is 2.11. The molecule has 21 heavy (non-hydrogen) atoms. The minimum absolute atomic E-state index is 0.111. The van der Waals surface area contributed by atoms with Gasteiger partial charge in [-0.3, -0.25) is 9.89 Å². The zero-order valence-corrected chi connectivity index (χ0v) is 12.5. The number of amides is 1. The molecule has 0 spiro atoms. The van der Waals surface area contributed by atoms with Crippen molar-refractivity contribution in [1.82, 2.24) is 15.5 Å². The molecule has 1 amide bonds. The highest BCUT2D eigenvalue weighted by molar-refractivity contribution is 5.93. The zero-order chi connectivity index (χ0) is 14.8. The molecule has 1 aliphatic rings. The average Bonchev–Trinajstić information content (AvgIpc) is 3.07. The maximum absolute atomic E-state index is 12.2. The summed E-state index contributed by atoms with van der Waals surface area (Å²) in [4.78, 5) is 12.2. The predicted octanol–water partition coefficient (Wildman–Crippen LogP) is 3.29. The molecule has 0 saturated heterocycles. The number of hydrogen-bond donors (Lipinski definition) is 2. The van der Waals surface area contributed by atoms with Crippen LogP contribution in [0.2, 0.25) is 0 Å². The Hall–Kier alpha value is -2.04. The number of aromatic amines is 1. The van der Waals surface area contributed by atoms with Gasteiger partial charge in [-0.15, -0.1) is 0 Å². The molecule has 5 nitrogen and oxygen atoms in total. The van der Waals surface area contributed by atoms with Crippen molar-refractivity contribution in [3.8, 4) is 11.5 Å². The fraction of sp³-hybridized carbons (Fsp3) is 0.500. The van der Waals surface area contributed by atoms with Gasteiger partial charge >= 0.3 is 0 Å². The smallest absolute Gasteiger partial charge is 0.272 e. The first-order valence-electron chi connectivity index (χ1n) is 7.55. The third-order valence-electron chi connectivity index (χ3n) is 4.09. The second-order valence-electron chi connectivity index (χ2n) is 6.02. The van der Waals surface area contributed by atoms with E-state index in [1.165, 1.54) is 12.8 Å². The highest BCUT2D eigenvalue weighted by atomic mass is 16.3. The molecule has 1 fully saturated rings. The van der Waals surface area contributed by atoms with Gasteiger partial charge < -0.3 is 9.73 Å². The lowest BCUT2D eigenvalue weighted by atomic mass is 9.87. The Bertz CT molecular complexity index is 629. The van der Waals surface area contributed by atoms with Crippen LogP contribution in [-0.2, 0) is 0 Å². The number of nitrogens with one attached hydrogen (secondary N) is 2. The number of carbonyl (C=O) groups excluding carboxylic acids is 1. The molecule has 2 N–H and O–H groups in total. The van der Waals surface area contributed by atoms with Crippen LogP contribution in [0.5, 0.6) is 0 Å². The summed E-state index contributed by atoms with van der Waals surface area (Å²) < 4.78 is 5.52. The molecule has 1 aliphatic carbocycles. The number of carbonyl (C=O) groups is 1. The molecule has 0 aromatic carbocycles. The monoisotopic (exact) mass is 287 g/mol. The molecule has 112 valence electrons. The number of furan rings is 1. The molecular formula is C16H21N3O2. The number of hydrogen-bond acceptors (Lipinski definition) is 3. The largest absolute Gasteiger partial charge is 0.460 e. The Labute approximate surface area is 124 Å². The Morgan fingerprint density at radius 3 is 3.00 bits per heavy atom. The first-order chi connectivity index (χ1) is 10.1. The Morgan fingerprint density at radius 2 is 2.29 bits per heavy atom. The molecule has 1 saturated carbocycles. The summed E-state index contributed by atoms with van der Waals surface area (Å²) in [6.45, 7) is 4.13. The van der Waals surface area contributed by atoms with Crippen LogP contribution in [0.15, 0.2) is 22.6 Å². The maximum Gasteiger partial charge on any atom is 0.272 e. The van der Waals surface area contributed by atoms with Crippen molar-refractivity contribution < 1.29 is 9.21 Å². The van der Waals surface area contributed by atoms with Crippen molar-refractivity contribution in [3.05, 3.63) is 29.7 Å². The van der Waals surface area contributed by atoms with Crippen LogP contribution in [0.25, 0.3) is 11.5 Å². The first-order valence-corrected chi connectivity index (χ1v) is 7.55. The number of rotatable bonds is 3. The molecule has 2 heterocycles. The van der Waals surface area contributed by atoms with E-state index in [4.69, 9.17) is 4.42 Å². The van der Waals surface area contributed by atoms with E-state index in [0.717, 1.165) is 24.3 Å². The van der Waals surface area contributed by atoms with E-state index in [0.29, 0.717) is 17.4 Å². The molecule has 3 rings (SSSR count). The molecule has 0 aliphatic heterocycles. The van der Waals surface area contributed by atoms with Crippen LogP contribution < -0.4 is 5.32 Å². The Balaban J connectivity index is 1.66. The number of aromatic nitrogens is 2. The van der Waals surface area contributed by atoms with Crippen LogP contribution in [0.1, 0.15) is 48.9 Å². The SMILES string of the molecule is Cc1ccc(-c2cc(C(=O)NC3CCCC(C)C3)n[nH]2)o1. The predicted molar refractivity (Wildman–Crippen MR) is 79.9 cm³/mol. The summed E-state index contributed by atoms with van der Waals surface area (Å²) >= 11 is 0. The van der Waals surface area contributed by atoms with Gasteiger partial charge in [0.25, 0.3) is 5.91 Å². The van der Waals surface area contributed by atoms with Crippen molar-refractivity contribution in [3.63, 3.8) is 0 Å². The van der Waals surface area contributed by atoms with Gasteiger partial charge in [0.1, 0.15) is 11.5 Å². The Kier molecular flexibility index (Phi) is 3.82. The normalized spacial score (nSPS) is 22.2. The number of aryl methyl sites for hydroxylation is 1. The lowest BCUT2D eigenvalue weighted by Gasteiger charge is -2.27. The summed E-state index contributed by atoms with van der Waals surface area (Å²) in [5, 5.41) is 10.0. The summed E-state index contributed by atoms with van der Waals surface area (Å²) in [7, 11) is 0. The minimum Gasteiger partial charge on any atom is -0.460 e. The second kappa shape index (κ2) is 5.76. The molecule has 5 heteroatoms. The van der Waals surface area contributed by atoms with Gasteiger partial charge in [0.2, 0.25) is 0 Å². The van der Waals surface area contributed by atoms with E-state index >= 15 is 0 Å². The maximum atomic E-state index is 12.2. The summed E-state index contributed by atoms with van der Waals surface area (Å²) in [6, 6.07) is 5.76. The van der Waals surface area contributed by atoms with E-state index in [-0.39, 0.29) is 11.9 Å². The van der Waals surface area contributed by atoms with E-state index in [1.54, 1.807) is 6.07 Å². The minimum atomic E-state index is -0.111. The van der Waals surface area contributed by atoms with E-state index < -0.39 is 0 Å². The van der Waals surface area contributed by atoms with Gasteiger partial charge in [-0.25, -0.2) is 0 Å². The van der Waals surface area contributed by atoms with E-state index in [2.05, 4.69) is 22.4 Å². The third kappa shape index (κ3) is 3.17. The van der Waals surface area contributed by atoms with Crippen LogP contribution in [0.4, 0.5) is 0 Å². The van der Waals surface area contributed by atoms with Crippen molar-refractivity contribution >= 4 is 5.91 Å². The van der Waals surface area contributed by atoms with Gasteiger partial charge in [-0.1, -0.05) is 19.8 Å². The van der Waals surface area contributed by atoms with Crippen LogP contribution in [0, 0.1) is 12.8 Å². The topological polar surface area (TPSA) is 70.9 Å². The molecular weight excluding hydrogens is 266 g/mol. The van der Waals surface area contributed by atoms with E-state index in [9.17, 15) is 4.79 Å². The summed E-state index contributed by atoms with van der Waals surface area (Å²) in [6.07, 6.45) is 4.56. The van der Waals surface area contributed by atoms with Crippen molar-refractivity contribution in [2.24, 2.45) is 5.92 Å². The van der Waals surface area contributed by atoms with Gasteiger partial charge in [0, 0.05) is 12.1 Å². The highest BCUT2D eigenvalue weighted by Gasteiger charge is 2.22. The quantitative estimate of drug-likeness (QED) is 0.910. The van der Waals surface area contributed by atoms with E-state index in [1.807, 2.05) is 19.1 Å². The lowest BCUT2D eigenvalue weighted by molar-refractivity contribution is 0.0916. The second-order valence-corrected chi connectivity index (χ2v) is 6.02. The molecule has 0 radical (unpaired) electrons. The first kappa shape index (κ1) is 13.9. The molecule has 0 bridgehead atoms. The molecule has 2 aromatic rings. The lowest BCUT2D eigenvalue weighted by Crippen LogP contribution is -2.38. The van der Waals surface area contributed by atoms with Crippen molar-refractivity contribution in [2.75, 3.05) is 0 Å². The molecule has 2 atom stereocenters. The summed E-state index contributed by atoms with van der Waals surface area (Å²) in [5.41, 5.74) is 1.14. The van der Waals surface area contributed by atoms with Gasteiger partial charge in [-0.05, 0) is 37.8 Å². The zero-order valence-electron chi connectivity index (χ0n) is 12.5. The van der Waals surface area contributed by atoms with Gasteiger partial charge in [0.05, 0.1) is 0 Å². The highest BCUT2D eigenvalue weighted by Crippen LogP contribution is 2.24. The third-order valence-corrected chi connectivity index (χ3v) is 4.09. The number of H-pyrrole nitrogens is 1. The van der Waals surface area contributed by atoms with Crippen LogP contribution >= 0.6 is 0 Å². The average molecular weight is 287 g/mol.